The molecule has 1 unspecified atom stereocenters. The second kappa shape index (κ2) is 6.83. The van der Waals surface area contributed by atoms with Gasteiger partial charge in [0, 0.05) is 9.75 Å². The molecule has 0 aliphatic heterocycles. The first-order valence-electron chi connectivity index (χ1n) is 6.78. The molecule has 2 aromatic rings. The highest BCUT2D eigenvalue weighted by molar-refractivity contribution is 9.10. The SMILES string of the molecule is CCCNC(c1cc(C)sc1C)c1cccc(F)c1Br. The molecule has 0 fully saturated rings. The molecule has 1 heterocycles. The van der Waals surface area contributed by atoms with Crippen LogP contribution in [0.1, 0.15) is 40.3 Å². The van der Waals surface area contributed by atoms with Crippen molar-refractivity contribution in [3.63, 3.8) is 0 Å². The Morgan fingerprint density at radius 1 is 1.30 bits per heavy atom. The third kappa shape index (κ3) is 3.30. The predicted molar refractivity (Wildman–Crippen MR) is 88.0 cm³/mol. The second-order valence-corrected chi connectivity index (χ2v) is 7.15. The van der Waals surface area contributed by atoms with Gasteiger partial charge in [0.1, 0.15) is 5.82 Å². The third-order valence-corrected chi connectivity index (χ3v) is 5.10. The summed E-state index contributed by atoms with van der Waals surface area (Å²) in [7, 11) is 0. The third-order valence-electron chi connectivity index (χ3n) is 3.28. The van der Waals surface area contributed by atoms with Crippen LogP contribution in [0.25, 0.3) is 0 Å². The van der Waals surface area contributed by atoms with Crippen molar-refractivity contribution < 1.29 is 4.39 Å². The Morgan fingerprint density at radius 3 is 2.65 bits per heavy atom. The Kier molecular flexibility index (Phi) is 5.35. The minimum Gasteiger partial charge on any atom is -0.306 e. The van der Waals surface area contributed by atoms with Crippen LogP contribution in [0, 0.1) is 19.7 Å². The van der Waals surface area contributed by atoms with Crippen LogP contribution in [0.3, 0.4) is 0 Å². The Labute approximate surface area is 132 Å². The summed E-state index contributed by atoms with van der Waals surface area (Å²) in [6, 6.07) is 7.46. The van der Waals surface area contributed by atoms with E-state index < -0.39 is 0 Å². The number of aryl methyl sites for hydroxylation is 2. The van der Waals surface area contributed by atoms with Gasteiger partial charge in [0.2, 0.25) is 0 Å². The highest BCUT2D eigenvalue weighted by atomic mass is 79.9. The van der Waals surface area contributed by atoms with E-state index in [1.807, 2.05) is 6.07 Å². The standard InChI is InChI=1S/C16H19BrFNS/c1-4-8-19-16(13-9-10(2)20-11(13)3)12-6-5-7-14(18)15(12)17/h5-7,9,16,19H,4,8H2,1-3H3. The van der Waals surface area contributed by atoms with Gasteiger partial charge in [0.25, 0.3) is 0 Å². The average Bonchev–Trinajstić information content (AvgIpc) is 2.74. The molecule has 1 nitrogen and oxygen atoms in total. The number of hydrogen-bond donors (Lipinski definition) is 1. The molecule has 0 aliphatic rings. The molecule has 0 bridgehead atoms. The van der Waals surface area contributed by atoms with Crippen LogP contribution in [-0.4, -0.2) is 6.54 Å². The Balaban J connectivity index is 2.47. The van der Waals surface area contributed by atoms with Crippen molar-refractivity contribution in [1.82, 2.24) is 5.32 Å². The molecule has 20 heavy (non-hydrogen) atoms. The number of thiophene rings is 1. The number of rotatable bonds is 5. The molecule has 0 saturated carbocycles. The molecular weight excluding hydrogens is 337 g/mol. The van der Waals surface area contributed by atoms with Crippen molar-refractivity contribution in [1.29, 1.82) is 0 Å². The second-order valence-electron chi connectivity index (χ2n) is 4.90. The fourth-order valence-electron chi connectivity index (χ4n) is 2.36. The molecule has 1 N–H and O–H groups in total. The predicted octanol–water partition coefficient (Wildman–Crippen LogP) is 5.36. The fraction of sp³-hybridized carbons (Fsp3) is 0.375. The lowest BCUT2D eigenvalue weighted by Gasteiger charge is -2.21. The van der Waals surface area contributed by atoms with E-state index in [9.17, 15) is 4.39 Å². The lowest BCUT2D eigenvalue weighted by molar-refractivity contribution is 0.579. The van der Waals surface area contributed by atoms with Crippen molar-refractivity contribution >= 4 is 27.3 Å². The Morgan fingerprint density at radius 2 is 2.05 bits per heavy atom. The van der Waals surface area contributed by atoms with Crippen LogP contribution in [0.4, 0.5) is 4.39 Å². The molecule has 2 rings (SSSR count). The average molecular weight is 356 g/mol. The van der Waals surface area contributed by atoms with Crippen molar-refractivity contribution in [3.05, 3.63) is 55.4 Å². The zero-order valence-corrected chi connectivity index (χ0v) is 14.4. The monoisotopic (exact) mass is 355 g/mol. The number of nitrogens with one attached hydrogen (secondary N) is 1. The molecule has 0 amide bonds. The lowest BCUT2D eigenvalue weighted by atomic mass is 9.98. The molecule has 4 heteroatoms. The van der Waals surface area contributed by atoms with E-state index in [4.69, 9.17) is 0 Å². The summed E-state index contributed by atoms with van der Waals surface area (Å²) in [6.45, 7) is 7.28. The summed E-state index contributed by atoms with van der Waals surface area (Å²) >= 11 is 5.18. The minimum absolute atomic E-state index is 0.0324. The van der Waals surface area contributed by atoms with E-state index in [2.05, 4.69) is 48.1 Å². The lowest BCUT2D eigenvalue weighted by Crippen LogP contribution is -2.24. The smallest absolute Gasteiger partial charge is 0.137 e. The van der Waals surface area contributed by atoms with Gasteiger partial charge >= 0.3 is 0 Å². The van der Waals surface area contributed by atoms with Gasteiger partial charge in [-0.3, -0.25) is 0 Å². The molecule has 0 radical (unpaired) electrons. The number of benzene rings is 1. The maximum atomic E-state index is 13.8. The summed E-state index contributed by atoms with van der Waals surface area (Å²) in [5, 5.41) is 3.53. The molecule has 108 valence electrons. The van der Waals surface area contributed by atoms with Crippen LogP contribution < -0.4 is 5.32 Å². The molecule has 1 atom stereocenters. The van der Waals surface area contributed by atoms with Gasteiger partial charge in [0.15, 0.2) is 0 Å². The van der Waals surface area contributed by atoms with Crippen molar-refractivity contribution in [2.24, 2.45) is 0 Å². The topological polar surface area (TPSA) is 12.0 Å². The Hall–Kier alpha value is -0.710. The van der Waals surface area contributed by atoms with E-state index >= 15 is 0 Å². The summed E-state index contributed by atoms with van der Waals surface area (Å²) in [5.41, 5.74) is 2.20. The van der Waals surface area contributed by atoms with E-state index in [1.54, 1.807) is 17.4 Å². The van der Waals surface area contributed by atoms with E-state index in [0.717, 1.165) is 18.5 Å². The summed E-state index contributed by atoms with van der Waals surface area (Å²) in [6.07, 6.45) is 1.05. The summed E-state index contributed by atoms with van der Waals surface area (Å²) in [5.74, 6) is -0.213. The van der Waals surface area contributed by atoms with Gasteiger partial charge in [-0.2, -0.15) is 0 Å². The molecule has 1 aromatic carbocycles. The first kappa shape index (κ1) is 15.7. The van der Waals surface area contributed by atoms with Crippen LogP contribution in [0.5, 0.6) is 0 Å². The van der Waals surface area contributed by atoms with Gasteiger partial charge < -0.3 is 5.32 Å². The maximum absolute atomic E-state index is 13.8. The fourth-order valence-corrected chi connectivity index (χ4v) is 3.81. The van der Waals surface area contributed by atoms with Gasteiger partial charge in [-0.25, -0.2) is 4.39 Å². The number of halogens is 2. The van der Waals surface area contributed by atoms with E-state index in [0.29, 0.717) is 4.47 Å². The van der Waals surface area contributed by atoms with Gasteiger partial charge in [-0.05, 0) is 66.0 Å². The van der Waals surface area contributed by atoms with Crippen molar-refractivity contribution in [2.75, 3.05) is 6.54 Å². The number of hydrogen-bond acceptors (Lipinski definition) is 2. The van der Waals surface area contributed by atoms with Crippen molar-refractivity contribution in [2.45, 2.75) is 33.2 Å². The highest BCUT2D eigenvalue weighted by Gasteiger charge is 2.21. The zero-order valence-electron chi connectivity index (χ0n) is 12.0. The maximum Gasteiger partial charge on any atom is 0.137 e. The van der Waals surface area contributed by atoms with Crippen LogP contribution in [0.15, 0.2) is 28.7 Å². The first-order valence-corrected chi connectivity index (χ1v) is 8.39. The highest BCUT2D eigenvalue weighted by Crippen LogP contribution is 2.35. The molecule has 0 spiro atoms. The van der Waals surface area contributed by atoms with Crippen LogP contribution >= 0.6 is 27.3 Å². The van der Waals surface area contributed by atoms with Crippen LogP contribution in [-0.2, 0) is 0 Å². The molecule has 0 saturated heterocycles. The van der Waals surface area contributed by atoms with Gasteiger partial charge in [-0.1, -0.05) is 19.1 Å². The largest absolute Gasteiger partial charge is 0.306 e. The van der Waals surface area contributed by atoms with Gasteiger partial charge in [0.05, 0.1) is 10.5 Å². The minimum atomic E-state index is -0.213. The van der Waals surface area contributed by atoms with Gasteiger partial charge in [-0.15, -0.1) is 11.3 Å². The molecule has 0 aliphatic carbocycles. The normalized spacial score (nSPS) is 12.7. The molecular formula is C16H19BrFNS. The Bertz CT molecular complexity index is 594. The van der Waals surface area contributed by atoms with Crippen LogP contribution in [0.2, 0.25) is 0 Å². The first-order chi connectivity index (χ1) is 9.54. The van der Waals surface area contributed by atoms with E-state index in [1.165, 1.54) is 21.4 Å². The molecule has 1 aromatic heterocycles. The summed E-state index contributed by atoms with van der Waals surface area (Å²) < 4.78 is 14.4. The summed E-state index contributed by atoms with van der Waals surface area (Å²) in [4.78, 5) is 2.57. The zero-order chi connectivity index (χ0) is 14.7. The van der Waals surface area contributed by atoms with E-state index in [-0.39, 0.29) is 11.9 Å². The van der Waals surface area contributed by atoms with Crippen molar-refractivity contribution in [3.8, 4) is 0 Å². The quantitative estimate of drug-likeness (QED) is 0.761.